The van der Waals surface area contributed by atoms with Crippen molar-refractivity contribution < 1.29 is 14.1 Å². The van der Waals surface area contributed by atoms with Crippen LogP contribution >= 0.6 is 11.6 Å². The van der Waals surface area contributed by atoms with Gasteiger partial charge >= 0.3 is 0 Å². The molecule has 0 spiro atoms. The van der Waals surface area contributed by atoms with Crippen molar-refractivity contribution in [3.8, 4) is 0 Å². The van der Waals surface area contributed by atoms with Gasteiger partial charge in [0.15, 0.2) is 0 Å². The zero-order valence-electron chi connectivity index (χ0n) is 10.1. The maximum absolute atomic E-state index is 11.9. The molecule has 0 aliphatic heterocycles. The summed E-state index contributed by atoms with van der Waals surface area (Å²) in [5.74, 6) is -0.490. The molecule has 2 rings (SSSR count). The van der Waals surface area contributed by atoms with Crippen molar-refractivity contribution in [2.24, 2.45) is 0 Å². The van der Waals surface area contributed by atoms with Crippen LogP contribution in [0.15, 0.2) is 35.1 Å². The topological polar surface area (TPSA) is 111 Å². The summed E-state index contributed by atoms with van der Waals surface area (Å²) >= 11 is 5.78. The lowest BCUT2D eigenvalue weighted by Crippen LogP contribution is -2.22. The number of amides is 1. The van der Waals surface area contributed by atoms with Crippen molar-refractivity contribution in [1.29, 1.82) is 0 Å². The lowest BCUT2D eigenvalue weighted by atomic mass is 10.1. The fraction of sp³-hybridized carbons (Fsp3) is 0.0833. The number of benzene rings is 1. The summed E-state index contributed by atoms with van der Waals surface area (Å²) in [5.41, 5.74) is 5.77. The number of carbonyl (C=O) groups excluding carboxylic acids is 1. The van der Waals surface area contributed by atoms with E-state index in [1.165, 1.54) is 18.6 Å². The van der Waals surface area contributed by atoms with Gasteiger partial charge in [-0.15, -0.1) is 0 Å². The molecule has 0 fully saturated rings. The van der Waals surface area contributed by atoms with Crippen LogP contribution in [0.1, 0.15) is 15.9 Å². The van der Waals surface area contributed by atoms with Gasteiger partial charge in [0, 0.05) is 23.7 Å². The van der Waals surface area contributed by atoms with Crippen LogP contribution in [0.5, 0.6) is 0 Å². The predicted octanol–water partition coefficient (Wildman–Crippen LogP) is 2.35. The Bertz CT molecular complexity index is 655. The number of anilines is 1. The Morgan fingerprint density at radius 2 is 2.25 bits per heavy atom. The molecule has 20 heavy (non-hydrogen) atoms. The predicted molar refractivity (Wildman–Crippen MR) is 72.4 cm³/mol. The van der Waals surface area contributed by atoms with E-state index >= 15 is 0 Å². The number of furan rings is 1. The van der Waals surface area contributed by atoms with Crippen LogP contribution in [0.25, 0.3) is 0 Å². The molecule has 1 aromatic heterocycles. The molecule has 0 bridgehead atoms. The first-order valence-corrected chi connectivity index (χ1v) is 5.89. The van der Waals surface area contributed by atoms with Gasteiger partial charge in [0.1, 0.15) is 5.69 Å². The van der Waals surface area contributed by atoms with Gasteiger partial charge in [-0.25, -0.2) is 0 Å². The maximum Gasteiger partial charge on any atom is 0.294 e. The van der Waals surface area contributed by atoms with Crippen molar-refractivity contribution in [3.05, 3.63) is 57.0 Å². The molecule has 0 atom stereocenters. The molecule has 1 heterocycles. The van der Waals surface area contributed by atoms with E-state index in [9.17, 15) is 14.9 Å². The van der Waals surface area contributed by atoms with Gasteiger partial charge in [0.2, 0.25) is 0 Å². The molecule has 0 aliphatic carbocycles. The average Bonchev–Trinajstić information content (AvgIpc) is 2.91. The first-order chi connectivity index (χ1) is 9.49. The number of nitrogens with one attached hydrogen (secondary N) is 1. The quantitative estimate of drug-likeness (QED) is 0.511. The van der Waals surface area contributed by atoms with Crippen molar-refractivity contribution in [1.82, 2.24) is 5.32 Å². The molecule has 0 saturated carbocycles. The summed E-state index contributed by atoms with van der Waals surface area (Å²) in [6.07, 6.45) is 2.96. The third-order valence-corrected chi connectivity index (χ3v) is 2.91. The highest BCUT2D eigenvalue weighted by Gasteiger charge is 2.19. The Morgan fingerprint density at radius 3 is 2.85 bits per heavy atom. The number of nitrogens with zero attached hydrogens (tertiary/aromatic N) is 1. The first kappa shape index (κ1) is 13.9. The average molecular weight is 296 g/mol. The maximum atomic E-state index is 11.9. The fourth-order valence-corrected chi connectivity index (χ4v) is 1.78. The minimum absolute atomic E-state index is 0.0346. The smallest absolute Gasteiger partial charge is 0.294 e. The van der Waals surface area contributed by atoms with Gasteiger partial charge in [-0.3, -0.25) is 14.9 Å². The molecule has 104 valence electrons. The number of hydrogen-bond acceptors (Lipinski definition) is 5. The van der Waals surface area contributed by atoms with E-state index < -0.39 is 16.5 Å². The van der Waals surface area contributed by atoms with Gasteiger partial charge in [-0.1, -0.05) is 11.6 Å². The zero-order valence-corrected chi connectivity index (χ0v) is 10.9. The number of halogens is 1. The molecule has 0 radical (unpaired) electrons. The van der Waals surface area contributed by atoms with Crippen LogP contribution in [0, 0.1) is 10.1 Å². The van der Waals surface area contributed by atoms with Crippen molar-refractivity contribution in [2.45, 2.75) is 6.54 Å². The number of rotatable bonds is 4. The Labute approximate surface area is 118 Å². The monoisotopic (exact) mass is 295 g/mol. The normalized spacial score (nSPS) is 10.2. The molecule has 0 unspecified atom stereocenters. The van der Waals surface area contributed by atoms with Gasteiger partial charge < -0.3 is 15.5 Å². The number of nitro benzene ring substituents is 1. The molecule has 0 aliphatic rings. The fourth-order valence-electron chi connectivity index (χ4n) is 1.56. The SMILES string of the molecule is Nc1c(Cl)cc(C(=O)NCc2ccoc2)cc1[N+](=O)[O-]. The molecular formula is C12H10ClN3O4. The van der Waals surface area contributed by atoms with Crippen LogP contribution in [0.2, 0.25) is 5.02 Å². The van der Waals surface area contributed by atoms with Crippen LogP contribution in [-0.4, -0.2) is 10.8 Å². The molecule has 2 aromatic rings. The number of carbonyl (C=O) groups is 1. The summed E-state index contributed by atoms with van der Waals surface area (Å²) in [6.45, 7) is 0.241. The number of hydrogen-bond donors (Lipinski definition) is 2. The Morgan fingerprint density at radius 1 is 1.50 bits per heavy atom. The summed E-state index contributed by atoms with van der Waals surface area (Å²) in [5, 5.41) is 13.4. The first-order valence-electron chi connectivity index (χ1n) is 5.51. The Balaban J connectivity index is 2.19. The zero-order chi connectivity index (χ0) is 14.7. The second-order valence-electron chi connectivity index (χ2n) is 3.96. The number of nitrogen functional groups attached to an aromatic ring is 1. The molecule has 8 heteroatoms. The molecule has 7 nitrogen and oxygen atoms in total. The van der Waals surface area contributed by atoms with Crippen LogP contribution < -0.4 is 11.1 Å². The Kier molecular flexibility index (Phi) is 3.90. The second-order valence-corrected chi connectivity index (χ2v) is 4.37. The standard InChI is InChI=1S/C12H10ClN3O4/c13-9-3-8(4-10(11(9)14)16(18)19)12(17)15-5-7-1-2-20-6-7/h1-4,6H,5,14H2,(H,15,17). The van der Waals surface area contributed by atoms with E-state index in [4.69, 9.17) is 21.8 Å². The van der Waals surface area contributed by atoms with E-state index in [1.807, 2.05) is 0 Å². The van der Waals surface area contributed by atoms with Gasteiger partial charge in [0.05, 0.1) is 22.5 Å². The van der Waals surface area contributed by atoms with Gasteiger partial charge in [0.25, 0.3) is 11.6 Å². The van der Waals surface area contributed by atoms with Crippen molar-refractivity contribution in [3.63, 3.8) is 0 Å². The van der Waals surface area contributed by atoms with E-state index in [0.29, 0.717) is 0 Å². The summed E-state index contributed by atoms with van der Waals surface area (Å²) in [4.78, 5) is 22.0. The lowest BCUT2D eigenvalue weighted by molar-refractivity contribution is -0.383. The molecule has 0 saturated heterocycles. The van der Waals surface area contributed by atoms with Crippen LogP contribution in [0.3, 0.4) is 0 Å². The highest BCUT2D eigenvalue weighted by Crippen LogP contribution is 2.30. The van der Waals surface area contributed by atoms with Crippen LogP contribution in [-0.2, 0) is 6.54 Å². The molecule has 1 aromatic carbocycles. The third-order valence-electron chi connectivity index (χ3n) is 2.60. The summed E-state index contributed by atoms with van der Waals surface area (Å²) in [6, 6.07) is 4.07. The van der Waals surface area contributed by atoms with Crippen LogP contribution in [0.4, 0.5) is 11.4 Å². The highest BCUT2D eigenvalue weighted by atomic mass is 35.5. The number of nitrogens with two attached hydrogens (primary N) is 1. The largest absolute Gasteiger partial charge is 0.472 e. The van der Waals surface area contributed by atoms with Gasteiger partial charge in [-0.2, -0.15) is 0 Å². The summed E-state index contributed by atoms with van der Waals surface area (Å²) in [7, 11) is 0. The third kappa shape index (κ3) is 2.89. The second kappa shape index (κ2) is 5.62. The van der Waals surface area contributed by atoms with E-state index in [2.05, 4.69) is 5.32 Å². The Hall–Kier alpha value is -2.54. The molecule has 3 N–H and O–H groups in total. The minimum Gasteiger partial charge on any atom is -0.472 e. The van der Waals surface area contributed by atoms with E-state index in [-0.39, 0.29) is 22.8 Å². The highest BCUT2D eigenvalue weighted by molar-refractivity contribution is 6.34. The minimum atomic E-state index is -0.686. The lowest BCUT2D eigenvalue weighted by Gasteiger charge is -2.06. The van der Waals surface area contributed by atoms with Crippen molar-refractivity contribution >= 4 is 28.9 Å². The number of nitro groups is 1. The molecular weight excluding hydrogens is 286 g/mol. The van der Waals surface area contributed by atoms with Crippen molar-refractivity contribution in [2.75, 3.05) is 5.73 Å². The summed E-state index contributed by atoms with van der Waals surface area (Å²) < 4.78 is 4.86. The molecule has 1 amide bonds. The van der Waals surface area contributed by atoms with E-state index in [0.717, 1.165) is 11.6 Å². The van der Waals surface area contributed by atoms with E-state index in [1.54, 1.807) is 6.07 Å². The van der Waals surface area contributed by atoms with Gasteiger partial charge in [-0.05, 0) is 12.1 Å².